The van der Waals surface area contributed by atoms with Crippen molar-refractivity contribution < 1.29 is 4.79 Å². The minimum Gasteiger partial charge on any atom is -0.335 e. The third-order valence-corrected chi connectivity index (χ3v) is 2.93. The van der Waals surface area contributed by atoms with Gasteiger partial charge in [-0.3, -0.25) is 4.79 Å². The van der Waals surface area contributed by atoms with Crippen molar-refractivity contribution in [2.24, 2.45) is 0 Å². The number of hydrogen-bond donors (Lipinski definition) is 0. The van der Waals surface area contributed by atoms with Crippen LogP contribution in [0.5, 0.6) is 0 Å². The number of Topliss-reactive ketones (excluding diaryl/α,β-unsaturated/α-hetero) is 1. The molecule has 17 heavy (non-hydrogen) atoms. The van der Waals surface area contributed by atoms with Gasteiger partial charge in [0.25, 0.3) is 0 Å². The Balaban J connectivity index is 2.31. The molecule has 3 nitrogen and oxygen atoms in total. The summed E-state index contributed by atoms with van der Waals surface area (Å²) in [6.45, 7) is 5.28. The summed E-state index contributed by atoms with van der Waals surface area (Å²) in [6, 6.07) is 0. The lowest BCUT2D eigenvalue weighted by Crippen LogP contribution is -2.09. The number of aromatic nitrogens is 2. The predicted octanol–water partition coefficient (Wildman–Crippen LogP) is 3.38. The first-order valence-electron chi connectivity index (χ1n) is 6.79. The van der Waals surface area contributed by atoms with Crippen LogP contribution in [0.3, 0.4) is 0 Å². The van der Waals surface area contributed by atoms with E-state index in [4.69, 9.17) is 0 Å². The fourth-order valence-electron chi connectivity index (χ4n) is 1.97. The second-order valence-corrected chi connectivity index (χ2v) is 4.56. The number of carbonyl (C=O) groups excluding carboxylic acids is 1. The van der Waals surface area contributed by atoms with E-state index in [1.807, 2.05) is 6.20 Å². The first-order valence-corrected chi connectivity index (χ1v) is 6.79. The van der Waals surface area contributed by atoms with Crippen molar-refractivity contribution in [3.8, 4) is 0 Å². The highest BCUT2D eigenvalue weighted by atomic mass is 16.1. The van der Waals surface area contributed by atoms with Gasteiger partial charge in [-0.25, -0.2) is 4.98 Å². The van der Waals surface area contributed by atoms with E-state index in [-0.39, 0.29) is 0 Å². The van der Waals surface area contributed by atoms with Crippen LogP contribution in [-0.4, -0.2) is 15.3 Å². The highest BCUT2D eigenvalue weighted by Crippen LogP contribution is 2.07. The summed E-state index contributed by atoms with van der Waals surface area (Å²) >= 11 is 0. The molecule has 0 bridgehead atoms. The molecule has 3 heteroatoms. The van der Waals surface area contributed by atoms with E-state index in [1.54, 1.807) is 6.20 Å². The van der Waals surface area contributed by atoms with Crippen molar-refractivity contribution in [2.75, 3.05) is 0 Å². The molecule has 0 unspecified atom stereocenters. The van der Waals surface area contributed by atoms with Crippen LogP contribution in [-0.2, 0) is 17.8 Å². The van der Waals surface area contributed by atoms with E-state index < -0.39 is 0 Å². The Labute approximate surface area is 104 Å². The lowest BCUT2D eigenvalue weighted by molar-refractivity contribution is -0.118. The molecule has 0 amide bonds. The van der Waals surface area contributed by atoms with E-state index in [0.717, 1.165) is 25.2 Å². The molecule has 0 aliphatic rings. The quantitative estimate of drug-likeness (QED) is 0.616. The molecule has 1 aromatic heterocycles. The number of ketones is 1. The average molecular weight is 236 g/mol. The van der Waals surface area contributed by atoms with Crippen LogP contribution in [0, 0.1) is 0 Å². The average Bonchev–Trinajstić information content (AvgIpc) is 2.73. The normalized spacial score (nSPS) is 10.7. The van der Waals surface area contributed by atoms with E-state index in [0.29, 0.717) is 18.6 Å². The Bertz CT molecular complexity index is 331. The molecular formula is C14H24N2O. The van der Waals surface area contributed by atoms with Crippen molar-refractivity contribution in [3.63, 3.8) is 0 Å². The van der Waals surface area contributed by atoms with Crippen LogP contribution in [0.1, 0.15) is 58.2 Å². The summed E-state index contributed by atoms with van der Waals surface area (Å²) in [5.41, 5.74) is 0. The molecular weight excluding hydrogens is 212 g/mol. The van der Waals surface area contributed by atoms with Crippen LogP contribution in [0.15, 0.2) is 12.4 Å². The molecule has 0 aliphatic carbocycles. The van der Waals surface area contributed by atoms with Gasteiger partial charge < -0.3 is 4.57 Å². The maximum Gasteiger partial charge on any atom is 0.140 e. The maximum absolute atomic E-state index is 11.8. The van der Waals surface area contributed by atoms with Crippen molar-refractivity contribution in [2.45, 2.75) is 65.3 Å². The first-order chi connectivity index (χ1) is 8.27. The highest BCUT2D eigenvalue weighted by molar-refractivity contribution is 5.80. The molecule has 0 saturated heterocycles. The molecule has 0 radical (unpaired) electrons. The fraction of sp³-hybridized carbons (Fsp3) is 0.714. The summed E-state index contributed by atoms with van der Waals surface area (Å²) in [4.78, 5) is 16.0. The Morgan fingerprint density at radius 2 is 2.06 bits per heavy atom. The van der Waals surface area contributed by atoms with Crippen molar-refractivity contribution in [3.05, 3.63) is 18.2 Å². The molecule has 0 saturated carbocycles. The maximum atomic E-state index is 11.8. The van der Waals surface area contributed by atoms with Crippen molar-refractivity contribution >= 4 is 5.78 Å². The minimum atomic E-state index is 0.324. The fourth-order valence-corrected chi connectivity index (χ4v) is 1.97. The smallest absolute Gasteiger partial charge is 0.140 e. The van der Waals surface area contributed by atoms with Crippen LogP contribution in [0.2, 0.25) is 0 Å². The van der Waals surface area contributed by atoms with Gasteiger partial charge in [-0.1, -0.05) is 33.1 Å². The Morgan fingerprint density at radius 1 is 1.24 bits per heavy atom. The molecule has 1 heterocycles. The van der Waals surface area contributed by atoms with Gasteiger partial charge in [0.1, 0.15) is 11.6 Å². The monoisotopic (exact) mass is 236 g/mol. The minimum absolute atomic E-state index is 0.324. The second kappa shape index (κ2) is 8.04. The van der Waals surface area contributed by atoms with Gasteiger partial charge in [0.2, 0.25) is 0 Å². The second-order valence-electron chi connectivity index (χ2n) is 4.56. The summed E-state index contributed by atoms with van der Waals surface area (Å²) in [5.74, 6) is 1.25. The topological polar surface area (TPSA) is 34.9 Å². The van der Waals surface area contributed by atoms with Crippen LogP contribution < -0.4 is 0 Å². The number of hydrogen-bond acceptors (Lipinski definition) is 2. The van der Waals surface area contributed by atoms with Crippen molar-refractivity contribution in [1.82, 2.24) is 9.55 Å². The number of unbranched alkanes of at least 4 members (excludes halogenated alkanes) is 3. The molecule has 96 valence electrons. The molecule has 1 aromatic rings. The summed E-state index contributed by atoms with van der Waals surface area (Å²) in [7, 11) is 0. The number of carbonyl (C=O) groups is 1. The zero-order valence-electron chi connectivity index (χ0n) is 11.1. The van der Waals surface area contributed by atoms with Crippen LogP contribution >= 0.6 is 0 Å². The lowest BCUT2D eigenvalue weighted by atomic mass is 10.1. The molecule has 0 aliphatic heterocycles. The third-order valence-electron chi connectivity index (χ3n) is 2.93. The Morgan fingerprint density at radius 3 is 2.76 bits per heavy atom. The highest BCUT2D eigenvalue weighted by Gasteiger charge is 2.08. The largest absolute Gasteiger partial charge is 0.335 e. The number of rotatable bonds is 9. The molecule has 0 fully saturated rings. The van der Waals surface area contributed by atoms with Gasteiger partial charge in [0.15, 0.2) is 0 Å². The molecule has 1 rings (SSSR count). The van der Waals surface area contributed by atoms with Crippen LogP contribution in [0.4, 0.5) is 0 Å². The van der Waals surface area contributed by atoms with E-state index in [1.165, 1.54) is 19.3 Å². The SMILES string of the molecule is CCCCCCC(=O)Cc1nccn1CCC. The van der Waals surface area contributed by atoms with Gasteiger partial charge in [0.05, 0.1) is 6.42 Å². The van der Waals surface area contributed by atoms with E-state index >= 15 is 0 Å². The number of imidazole rings is 1. The van der Waals surface area contributed by atoms with Gasteiger partial charge >= 0.3 is 0 Å². The molecule has 0 atom stereocenters. The Kier molecular flexibility index (Phi) is 6.60. The molecule has 0 aromatic carbocycles. The summed E-state index contributed by atoms with van der Waals surface area (Å²) in [6.07, 6.45) is 10.7. The standard InChI is InChI=1S/C14H24N2O/c1-3-5-6-7-8-13(17)12-14-15-9-11-16(14)10-4-2/h9,11H,3-8,10,12H2,1-2H3. The zero-order valence-corrected chi connectivity index (χ0v) is 11.1. The molecule has 0 spiro atoms. The molecule has 0 N–H and O–H groups in total. The summed E-state index contributed by atoms with van der Waals surface area (Å²) < 4.78 is 2.09. The van der Waals surface area contributed by atoms with Crippen molar-refractivity contribution in [1.29, 1.82) is 0 Å². The Hall–Kier alpha value is -1.12. The van der Waals surface area contributed by atoms with E-state index in [2.05, 4.69) is 23.4 Å². The lowest BCUT2D eigenvalue weighted by Gasteiger charge is -2.05. The van der Waals surface area contributed by atoms with Gasteiger partial charge in [-0.05, 0) is 12.8 Å². The van der Waals surface area contributed by atoms with Gasteiger partial charge in [-0.2, -0.15) is 0 Å². The first kappa shape index (κ1) is 13.9. The van der Waals surface area contributed by atoms with Gasteiger partial charge in [0, 0.05) is 25.4 Å². The summed E-state index contributed by atoms with van der Waals surface area (Å²) in [5, 5.41) is 0. The number of aryl methyl sites for hydroxylation is 1. The zero-order chi connectivity index (χ0) is 12.5. The number of nitrogens with zero attached hydrogens (tertiary/aromatic N) is 2. The van der Waals surface area contributed by atoms with Gasteiger partial charge in [-0.15, -0.1) is 0 Å². The third kappa shape index (κ3) is 5.16. The predicted molar refractivity (Wildman–Crippen MR) is 70.0 cm³/mol. The van der Waals surface area contributed by atoms with E-state index in [9.17, 15) is 4.79 Å². The van der Waals surface area contributed by atoms with Crippen LogP contribution in [0.25, 0.3) is 0 Å².